The smallest absolute Gasteiger partial charge is 0.311 e. The molecule has 0 fully saturated rings. The summed E-state index contributed by atoms with van der Waals surface area (Å²) in [6.45, 7) is 1.76. The van der Waals surface area contributed by atoms with E-state index in [2.05, 4.69) is 30.2 Å². The molecule has 1 N–H and O–H groups in total. The van der Waals surface area contributed by atoms with E-state index >= 15 is 0 Å². The van der Waals surface area contributed by atoms with Gasteiger partial charge in [0.1, 0.15) is 17.8 Å². The Bertz CT molecular complexity index is 1220. The molecule has 0 aromatic carbocycles. The molecule has 34 heavy (non-hydrogen) atoms. The monoisotopic (exact) mass is 466 g/mol. The number of nitrogens with zero attached hydrogens (tertiary/aromatic N) is 5. The fourth-order valence-corrected chi connectivity index (χ4v) is 3.65. The van der Waals surface area contributed by atoms with E-state index in [1.807, 2.05) is 12.1 Å². The molecule has 4 heterocycles. The zero-order valence-corrected chi connectivity index (χ0v) is 18.3. The molecular formula is C24H21F3N6O. The Kier molecular flexibility index (Phi) is 6.76. The number of hydrogen-bond acceptors (Lipinski definition) is 6. The Hall–Kier alpha value is -3.95. The first-order chi connectivity index (χ1) is 16.3. The number of hydrogen-bond donors (Lipinski definition) is 1. The topological polar surface area (TPSA) is 93.0 Å². The lowest BCUT2D eigenvalue weighted by Gasteiger charge is -2.20. The Balaban J connectivity index is 1.31. The molecule has 7 nitrogen and oxygen atoms in total. The third-order valence-corrected chi connectivity index (χ3v) is 5.35. The molecule has 0 saturated carbocycles. The molecule has 174 valence electrons. The van der Waals surface area contributed by atoms with Crippen LogP contribution in [0.3, 0.4) is 0 Å². The van der Waals surface area contributed by atoms with Crippen molar-refractivity contribution in [1.29, 1.82) is 0 Å². The van der Waals surface area contributed by atoms with Crippen molar-refractivity contribution in [2.24, 2.45) is 4.99 Å². The van der Waals surface area contributed by atoms with Crippen LogP contribution in [0.5, 0.6) is 0 Å². The van der Waals surface area contributed by atoms with Crippen molar-refractivity contribution >= 4 is 23.0 Å². The van der Waals surface area contributed by atoms with Crippen LogP contribution in [0.4, 0.5) is 19.0 Å². The Morgan fingerprint density at radius 3 is 2.53 bits per heavy atom. The fourth-order valence-electron chi connectivity index (χ4n) is 3.65. The molecule has 3 aromatic heterocycles. The van der Waals surface area contributed by atoms with E-state index in [1.54, 1.807) is 31.6 Å². The van der Waals surface area contributed by atoms with E-state index in [4.69, 9.17) is 0 Å². The minimum absolute atomic E-state index is 0.119. The number of halogens is 3. The molecule has 4 rings (SSSR count). The van der Waals surface area contributed by atoms with Crippen LogP contribution in [0, 0.1) is 0 Å². The quantitative estimate of drug-likeness (QED) is 0.553. The second-order valence-electron chi connectivity index (χ2n) is 7.80. The number of amides is 1. The molecule has 1 atom stereocenters. The van der Waals surface area contributed by atoms with Gasteiger partial charge in [0.25, 0.3) is 0 Å². The molecule has 1 aliphatic rings. The number of aromatic nitrogens is 4. The number of carbonyl (C=O) groups is 1. The van der Waals surface area contributed by atoms with Gasteiger partial charge in [0.05, 0.1) is 6.04 Å². The maximum absolute atomic E-state index is 13.0. The van der Waals surface area contributed by atoms with Gasteiger partial charge in [-0.25, -0.2) is 15.0 Å². The zero-order valence-electron chi connectivity index (χ0n) is 18.3. The van der Waals surface area contributed by atoms with Gasteiger partial charge in [-0.3, -0.25) is 14.8 Å². The van der Waals surface area contributed by atoms with Gasteiger partial charge in [-0.2, -0.15) is 13.2 Å². The molecule has 1 aliphatic heterocycles. The predicted molar refractivity (Wildman–Crippen MR) is 122 cm³/mol. The molecule has 0 radical (unpaired) electrons. The van der Waals surface area contributed by atoms with Gasteiger partial charge in [0, 0.05) is 48.0 Å². The predicted octanol–water partition coefficient (Wildman–Crippen LogP) is 4.99. The van der Waals surface area contributed by atoms with Crippen LogP contribution >= 0.6 is 0 Å². The molecule has 0 spiro atoms. The van der Waals surface area contributed by atoms with Crippen molar-refractivity contribution in [3.8, 4) is 11.1 Å². The number of aliphatic imine (C=N–C) groups is 1. The maximum Gasteiger partial charge on any atom is 0.433 e. The second-order valence-corrected chi connectivity index (χ2v) is 7.80. The second kappa shape index (κ2) is 9.90. The van der Waals surface area contributed by atoms with Gasteiger partial charge in [-0.15, -0.1) is 0 Å². The molecule has 3 aromatic rings. The SMILES string of the molecule is CC1=NC(CCC(=O)Nc2ccc(-c3cncnc3)cn2)CC=C1c1ccnc(C(F)(F)F)c1. The molecule has 0 saturated heterocycles. The van der Waals surface area contributed by atoms with Gasteiger partial charge >= 0.3 is 6.18 Å². The van der Waals surface area contributed by atoms with E-state index in [1.165, 1.54) is 12.4 Å². The molecule has 0 aliphatic carbocycles. The van der Waals surface area contributed by atoms with Crippen LogP contribution in [0.1, 0.15) is 37.4 Å². The first-order valence-electron chi connectivity index (χ1n) is 10.6. The van der Waals surface area contributed by atoms with Gasteiger partial charge in [-0.05, 0) is 55.2 Å². The minimum atomic E-state index is -4.50. The Labute approximate surface area is 193 Å². The summed E-state index contributed by atoms with van der Waals surface area (Å²) >= 11 is 0. The maximum atomic E-state index is 13.0. The summed E-state index contributed by atoms with van der Waals surface area (Å²) in [7, 11) is 0. The van der Waals surface area contributed by atoms with E-state index in [0.717, 1.165) is 23.4 Å². The Morgan fingerprint density at radius 1 is 1.06 bits per heavy atom. The van der Waals surface area contributed by atoms with Crippen LogP contribution in [0.2, 0.25) is 0 Å². The lowest BCUT2D eigenvalue weighted by molar-refractivity contribution is -0.141. The fraction of sp³-hybridized carbons (Fsp3) is 0.250. The van der Waals surface area contributed by atoms with Gasteiger partial charge < -0.3 is 5.32 Å². The van der Waals surface area contributed by atoms with E-state index in [9.17, 15) is 18.0 Å². The Morgan fingerprint density at radius 2 is 1.85 bits per heavy atom. The number of pyridine rings is 2. The molecule has 0 bridgehead atoms. The van der Waals surface area contributed by atoms with Gasteiger partial charge in [0.15, 0.2) is 0 Å². The standard InChI is InChI=1S/C24H21F3N6O/c1-15-20(16-8-9-30-21(10-16)24(25,26)27)5-3-19(32-15)4-7-23(34)33-22-6-2-17(13-31-22)18-11-28-14-29-12-18/h2,5-6,8-14,19H,3-4,7H2,1H3,(H,31,33,34). The number of dihydropyridines is 1. The normalized spacial score (nSPS) is 15.9. The minimum Gasteiger partial charge on any atom is -0.311 e. The summed E-state index contributed by atoms with van der Waals surface area (Å²) in [6, 6.07) is 5.98. The zero-order chi connectivity index (χ0) is 24.1. The highest BCUT2D eigenvalue weighted by Crippen LogP contribution is 2.31. The summed E-state index contributed by atoms with van der Waals surface area (Å²) < 4.78 is 38.9. The van der Waals surface area contributed by atoms with Crippen LogP contribution in [0.25, 0.3) is 16.7 Å². The number of carbonyl (C=O) groups excluding carboxylic acids is 1. The first kappa shape index (κ1) is 23.2. The third kappa shape index (κ3) is 5.69. The van der Waals surface area contributed by atoms with Gasteiger partial charge in [0.2, 0.25) is 5.91 Å². The highest BCUT2D eigenvalue weighted by Gasteiger charge is 2.33. The number of rotatable bonds is 6. The van der Waals surface area contributed by atoms with E-state index in [-0.39, 0.29) is 18.4 Å². The van der Waals surface area contributed by atoms with Crippen LogP contribution in [-0.4, -0.2) is 37.6 Å². The lowest BCUT2D eigenvalue weighted by Crippen LogP contribution is -2.18. The van der Waals surface area contributed by atoms with Crippen molar-refractivity contribution in [1.82, 2.24) is 19.9 Å². The summed E-state index contributed by atoms with van der Waals surface area (Å²) in [6.07, 6.45) is 6.25. The summed E-state index contributed by atoms with van der Waals surface area (Å²) in [5.74, 6) is 0.254. The summed E-state index contributed by atoms with van der Waals surface area (Å²) in [4.78, 5) is 32.6. The molecular weight excluding hydrogens is 445 g/mol. The van der Waals surface area contributed by atoms with Gasteiger partial charge in [-0.1, -0.05) is 6.08 Å². The van der Waals surface area contributed by atoms with Crippen molar-refractivity contribution in [3.63, 3.8) is 0 Å². The highest BCUT2D eigenvalue weighted by molar-refractivity contribution is 6.23. The van der Waals surface area contributed by atoms with Crippen molar-refractivity contribution in [2.45, 2.75) is 38.4 Å². The number of alkyl halides is 3. The number of anilines is 1. The van der Waals surface area contributed by atoms with Crippen molar-refractivity contribution in [2.75, 3.05) is 5.32 Å². The third-order valence-electron chi connectivity index (χ3n) is 5.35. The first-order valence-corrected chi connectivity index (χ1v) is 10.6. The average molecular weight is 466 g/mol. The molecule has 10 heteroatoms. The lowest BCUT2D eigenvalue weighted by atomic mass is 9.95. The number of allylic oxidation sites excluding steroid dienone is 1. The summed E-state index contributed by atoms with van der Waals surface area (Å²) in [5.41, 5.74) is 2.45. The van der Waals surface area contributed by atoms with Crippen LogP contribution < -0.4 is 5.32 Å². The molecule has 1 unspecified atom stereocenters. The largest absolute Gasteiger partial charge is 0.433 e. The number of nitrogens with one attached hydrogen (secondary N) is 1. The summed E-state index contributed by atoms with van der Waals surface area (Å²) in [5, 5.41) is 2.77. The molecule has 1 amide bonds. The highest BCUT2D eigenvalue weighted by atomic mass is 19.4. The van der Waals surface area contributed by atoms with Crippen LogP contribution in [-0.2, 0) is 11.0 Å². The van der Waals surface area contributed by atoms with Crippen LogP contribution in [0.15, 0.2) is 66.4 Å². The van der Waals surface area contributed by atoms with Crippen molar-refractivity contribution < 1.29 is 18.0 Å². The van der Waals surface area contributed by atoms with Crippen molar-refractivity contribution in [3.05, 3.63) is 72.7 Å². The van der Waals surface area contributed by atoms with E-state index in [0.29, 0.717) is 35.5 Å². The van der Waals surface area contributed by atoms with E-state index < -0.39 is 11.9 Å². The average Bonchev–Trinajstić information content (AvgIpc) is 2.83.